The Morgan fingerprint density at radius 1 is 1.00 bits per heavy atom. The molecule has 9 heteroatoms. The normalized spacial score (nSPS) is 12.9. The van der Waals surface area contributed by atoms with Gasteiger partial charge in [-0.2, -0.15) is 0 Å². The van der Waals surface area contributed by atoms with Crippen LogP contribution < -0.4 is 15.4 Å². The molecule has 0 aliphatic rings. The number of carbonyl (C=O) groups excluding carboxylic acids is 3. The first-order valence-corrected chi connectivity index (χ1v) is 12.7. The maximum Gasteiger partial charge on any atom is 0.408 e. The number of aliphatic hydroxyl groups is 1. The fraction of sp³-hybridized carbons (Fsp3) is 0.483. The molecule has 2 atom stereocenters. The molecule has 0 saturated heterocycles. The largest absolute Gasteiger partial charge is 0.497 e. The molecule has 0 bridgehead atoms. The minimum atomic E-state index is -1.07. The number of anilines is 1. The number of nitrogens with zero attached hydrogens (tertiary/aromatic N) is 1. The number of hydrogen-bond donors (Lipinski definition) is 3. The molecule has 38 heavy (non-hydrogen) atoms. The number of alkyl carbamates (subject to hydrolysis) is 1. The van der Waals surface area contributed by atoms with E-state index in [0.29, 0.717) is 17.0 Å². The number of benzene rings is 2. The number of aliphatic hydroxyl groups excluding tert-OH is 1. The van der Waals surface area contributed by atoms with Gasteiger partial charge in [-0.25, -0.2) is 4.79 Å². The maximum atomic E-state index is 13.9. The van der Waals surface area contributed by atoms with Crippen LogP contribution in [0.2, 0.25) is 0 Å². The van der Waals surface area contributed by atoms with E-state index in [1.54, 1.807) is 72.1 Å². The summed E-state index contributed by atoms with van der Waals surface area (Å²) in [5.41, 5.74) is 2.34. The molecule has 0 heterocycles. The van der Waals surface area contributed by atoms with Gasteiger partial charge in [0.25, 0.3) is 5.91 Å². The highest BCUT2D eigenvalue weighted by Gasteiger charge is 2.37. The highest BCUT2D eigenvalue weighted by molar-refractivity contribution is 5.99. The summed E-state index contributed by atoms with van der Waals surface area (Å²) in [5, 5.41) is 15.5. The van der Waals surface area contributed by atoms with Crippen LogP contribution in [0.1, 0.15) is 57.4 Å². The van der Waals surface area contributed by atoms with Crippen LogP contribution in [0, 0.1) is 19.8 Å². The molecule has 9 nitrogen and oxygen atoms in total. The van der Waals surface area contributed by atoms with E-state index in [9.17, 15) is 19.5 Å². The minimum absolute atomic E-state index is 0.119. The summed E-state index contributed by atoms with van der Waals surface area (Å²) in [4.78, 5) is 41.6. The summed E-state index contributed by atoms with van der Waals surface area (Å²) in [6.07, 6.45) is -0.737. The zero-order valence-corrected chi connectivity index (χ0v) is 23.6. The molecule has 2 rings (SSSR count). The second-order valence-corrected chi connectivity index (χ2v) is 10.6. The Morgan fingerprint density at radius 2 is 1.63 bits per heavy atom. The zero-order valence-electron chi connectivity index (χ0n) is 23.6. The topological polar surface area (TPSA) is 117 Å². The van der Waals surface area contributed by atoms with Crippen molar-refractivity contribution in [1.29, 1.82) is 0 Å². The summed E-state index contributed by atoms with van der Waals surface area (Å²) in [6, 6.07) is 10.3. The van der Waals surface area contributed by atoms with Crippen molar-refractivity contribution >= 4 is 23.6 Å². The number of ether oxygens (including phenoxy) is 2. The van der Waals surface area contributed by atoms with E-state index < -0.39 is 35.6 Å². The molecule has 0 aromatic heterocycles. The number of nitrogens with one attached hydrogen (secondary N) is 2. The summed E-state index contributed by atoms with van der Waals surface area (Å²) in [7, 11) is 1.55. The summed E-state index contributed by atoms with van der Waals surface area (Å²) >= 11 is 0. The first-order chi connectivity index (χ1) is 17.8. The fourth-order valence-corrected chi connectivity index (χ4v) is 3.89. The molecule has 3 N–H and O–H groups in total. The third kappa shape index (κ3) is 8.48. The molecule has 2 aromatic rings. The fourth-order valence-electron chi connectivity index (χ4n) is 3.89. The van der Waals surface area contributed by atoms with Crippen molar-refractivity contribution in [2.75, 3.05) is 25.6 Å². The monoisotopic (exact) mass is 527 g/mol. The van der Waals surface area contributed by atoms with Gasteiger partial charge in [-0.3, -0.25) is 9.59 Å². The van der Waals surface area contributed by atoms with Crippen LogP contribution in [0.4, 0.5) is 10.5 Å². The Kier molecular flexibility index (Phi) is 10.7. The average molecular weight is 528 g/mol. The number of methoxy groups -OCH3 is 1. The van der Waals surface area contributed by atoms with Crippen LogP contribution in [0.5, 0.6) is 5.75 Å². The lowest BCUT2D eigenvalue weighted by Crippen LogP contribution is -2.55. The molecule has 0 saturated carbocycles. The van der Waals surface area contributed by atoms with Crippen LogP contribution in [0.25, 0.3) is 0 Å². The molecule has 0 fully saturated rings. The van der Waals surface area contributed by atoms with Gasteiger partial charge in [-0.15, -0.1) is 0 Å². The minimum Gasteiger partial charge on any atom is -0.497 e. The van der Waals surface area contributed by atoms with E-state index in [1.165, 1.54) is 4.90 Å². The van der Waals surface area contributed by atoms with Crippen LogP contribution in [0.3, 0.4) is 0 Å². The number of carbonyl (C=O) groups is 3. The summed E-state index contributed by atoms with van der Waals surface area (Å²) in [5.74, 6) is -0.645. The van der Waals surface area contributed by atoms with Gasteiger partial charge in [-0.1, -0.05) is 32.0 Å². The maximum absolute atomic E-state index is 13.9. The van der Waals surface area contributed by atoms with E-state index in [2.05, 4.69) is 10.6 Å². The third-order valence-corrected chi connectivity index (χ3v) is 5.99. The van der Waals surface area contributed by atoms with Gasteiger partial charge < -0.3 is 30.1 Å². The SMILES string of the molecule is COc1ccc(NC(=O)C(c2ccc(C)c(C)c2)N(CCO)C(=O)C(NC(=O)OC(C)(C)C)C(C)C)cc1. The first kappa shape index (κ1) is 30.6. The Labute approximate surface area is 225 Å². The van der Waals surface area contributed by atoms with E-state index >= 15 is 0 Å². The van der Waals surface area contributed by atoms with Gasteiger partial charge in [-0.05, 0) is 81.5 Å². The molecule has 2 unspecified atom stereocenters. The second-order valence-electron chi connectivity index (χ2n) is 10.6. The molecule has 0 radical (unpaired) electrons. The third-order valence-electron chi connectivity index (χ3n) is 5.99. The molecular weight excluding hydrogens is 486 g/mol. The number of aryl methyl sites for hydroxylation is 2. The van der Waals surface area contributed by atoms with E-state index in [0.717, 1.165) is 11.1 Å². The van der Waals surface area contributed by atoms with Crippen molar-refractivity contribution in [3.63, 3.8) is 0 Å². The van der Waals surface area contributed by atoms with Gasteiger partial charge in [0.05, 0.1) is 13.7 Å². The van der Waals surface area contributed by atoms with Crippen LogP contribution in [-0.2, 0) is 14.3 Å². The predicted octanol–water partition coefficient (Wildman–Crippen LogP) is 4.36. The van der Waals surface area contributed by atoms with Crippen molar-refractivity contribution in [1.82, 2.24) is 10.2 Å². The molecular formula is C29H41N3O6. The molecule has 0 aliphatic heterocycles. The van der Waals surface area contributed by atoms with E-state index in [-0.39, 0.29) is 19.1 Å². The molecule has 0 aliphatic carbocycles. The van der Waals surface area contributed by atoms with Crippen molar-refractivity contribution < 1.29 is 29.0 Å². The van der Waals surface area contributed by atoms with Crippen LogP contribution in [0.15, 0.2) is 42.5 Å². The Morgan fingerprint density at radius 3 is 2.13 bits per heavy atom. The smallest absolute Gasteiger partial charge is 0.408 e. The standard InChI is InChI=1S/C29H41N3O6/c1-18(2)24(31-28(36)38-29(5,6)7)27(35)32(15-16-33)25(21-10-9-19(3)20(4)17-21)26(34)30-22-11-13-23(37-8)14-12-22/h9-14,17-18,24-25,33H,15-16H2,1-8H3,(H,30,34)(H,31,36). The quantitative estimate of drug-likeness (QED) is 0.423. The van der Waals surface area contributed by atoms with Crippen molar-refractivity contribution in [3.8, 4) is 5.75 Å². The Balaban J connectivity index is 2.50. The van der Waals surface area contributed by atoms with Crippen molar-refractivity contribution in [2.24, 2.45) is 5.92 Å². The lowest BCUT2D eigenvalue weighted by atomic mass is 9.96. The van der Waals surface area contributed by atoms with Crippen molar-refractivity contribution in [2.45, 2.75) is 66.2 Å². The van der Waals surface area contributed by atoms with Gasteiger partial charge >= 0.3 is 6.09 Å². The molecule has 0 spiro atoms. The van der Waals surface area contributed by atoms with Gasteiger partial charge in [0, 0.05) is 12.2 Å². The predicted molar refractivity (Wildman–Crippen MR) is 147 cm³/mol. The number of amides is 3. The Hall–Kier alpha value is -3.59. The Bertz CT molecular complexity index is 1110. The first-order valence-electron chi connectivity index (χ1n) is 12.7. The number of rotatable bonds is 10. The molecule has 2 aromatic carbocycles. The summed E-state index contributed by atoms with van der Waals surface area (Å²) in [6.45, 7) is 12.2. The zero-order chi connectivity index (χ0) is 28.6. The van der Waals surface area contributed by atoms with E-state index in [1.807, 2.05) is 26.0 Å². The van der Waals surface area contributed by atoms with Crippen LogP contribution in [-0.4, -0.2) is 59.8 Å². The van der Waals surface area contributed by atoms with Gasteiger partial charge in [0.2, 0.25) is 5.91 Å². The van der Waals surface area contributed by atoms with Crippen molar-refractivity contribution in [3.05, 3.63) is 59.2 Å². The van der Waals surface area contributed by atoms with Gasteiger partial charge in [0.1, 0.15) is 23.4 Å². The second kappa shape index (κ2) is 13.3. The highest BCUT2D eigenvalue weighted by Crippen LogP contribution is 2.27. The lowest BCUT2D eigenvalue weighted by Gasteiger charge is -2.35. The lowest BCUT2D eigenvalue weighted by molar-refractivity contribution is -0.142. The number of hydrogen-bond acceptors (Lipinski definition) is 6. The highest BCUT2D eigenvalue weighted by atomic mass is 16.6. The van der Waals surface area contributed by atoms with Crippen LogP contribution >= 0.6 is 0 Å². The average Bonchev–Trinajstić information content (AvgIpc) is 2.83. The molecule has 208 valence electrons. The molecule has 3 amide bonds. The van der Waals surface area contributed by atoms with Gasteiger partial charge in [0.15, 0.2) is 0 Å². The van der Waals surface area contributed by atoms with E-state index in [4.69, 9.17) is 9.47 Å². The summed E-state index contributed by atoms with van der Waals surface area (Å²) < 4.78 is 10.6.